The van der Waals surface area contributed by atoms with Crippen molar-refractivity contribution in [1.29, 1.82) is 5.26 Å². The molecule has 0 spiro atoms. The highest BCUT2D eigenvalue weighted by Gasteiger charge is 2.27. The molecule has 0 saturated carbocycles. The van der Waals surface area contributed by atoms with Crippen LogP contribution in [-0.4, -0.2) is 29.1 Å². The molecular weight excluding hydrogens is 314 g/mol. The average molecular weight is 330 g/mol. The normalized spacial score (nSPS) is 15.6. The van der Waals surface area contributed by atoms with Crippen LogP contribution in [0.5, 0.6) is 0 Å². The van der Waals surface area contributed by atoms with Gasteiger partial charge >= 0.3 is 5.97 Å². The van der Waals surface area contributed by atoms with E-state index >= 15 is 0 Å². The molecule has 0 atom stereocenters. The minimum atomic E-state index is -0.747. The maximum atomic E-state index is 11.1. The topological polar surface area (TPSA) is 77.2 Å². The molecule has 2 aromatic rings. The molecule has 1 N–H and O–H groups in total. The van der Waals surface area contributed by atoms with Crippen molar-refractivity contribution >= 4 is 34.2 Å². The first-order valence-corrected chi connectivity index (χ1v) is 7.85. The lowest BCUT2D eigenvalue weighted by atomic mass is 9.95. The second kappa shape index (κ2) is 6.05. The number of halogens is 1. The SMILES string of the molecule is Cc1cc(Cl)c2ncc(C#N)c(N3CCC(C(=O)O)CC3)c2c1. The van der Waals surface area contributed by atoms with Gasteiger partial charge < -0.3 is 10.0 Å². The zero-order valence-electron chi connectivity index (χ0n) is 12.7. The van der Waals surface area contributed by atoms with Gasteiger partial charge in [0.25, 0.3) is 0 Å². The molecule has 23 heavy (non-hydrogen) atoms. The van der Waals surface area contributed by atoms with Gasteiger partial charge in [-0.2, -0.15) is 5.26 Å². The minimum Gasteiger partial charge on any atom is -0.481 e. The lowest BCUT2D eigenvalue weighted by Gasteiger charge is -2.33. The number of piperidine rings is 1. The molecule has 1 fully saturated rings. The number of fused-ring (bicyclic) bond motifs is 1. The van der Waals surface area contributed by atoms with Crippen LogP contribution in [0.25, 0.3) is 10.9 Å². The molecule has 1 saturated heterocycles. The fourth-order valence-corrected chi connectivity index (χ4v) is 3.48. The Labute approximate surface area is 139 Å². The average Bonchev–Trinajstić information content (AvgIpc) is 2.53. The molecule has 6 heteroatoms. The van der Waals surface area contributed by atoms with Crippen LogP contribution < -0.4 is 4.90 Å². The number of aromatic nitrogens is 1. The number of aryl methyl sites for hydroxylation is 1. The summed E-state index contributed by atoms with van der Waals surface area (Å²) < 4.78 is 0. The van der Waals surface area contributed by atoms with Crippen molar-refractivity contribution in [3.8, 4) is 6.07 Å². The van der Waals surface area contributed by atoms with Gasteiger partial charge in [0.15, 0.2) is 0 Å². The molecular formula is C17H16ClN3O2. The first kappa shape index (κ1) is 15.6. The molecule has 0 aliphatic carbocycles. The number of carboxylic acid groups (broad SMARTS) is 1. The Morgan fingerprint density at radius 1 is 1.43 bits per heavy atom. The molecule has 1 aromatic heterocycles. The standard InChI is InChI=1S/C17H16ClN3O2/c1-10-6-13-15(14(18)7-10)20-9-12(8-19)16(13)21-4-2-11(3-5-21)17(22)23/h6-7,9,11H,2-5H2,1H3,(H,22,23). The molecule has 0 amide bonds. The van der Waals surface area contributed by atoms with E-state index in [-0.39, 0.29) is 5.92 Å². The maximum absolute atomic E-state index is 11.1. The summed E-state index contributed by atoms with van der Waals surface area (Å²) in [6.07, 6.45) is 2.69. The van der Waals surface area contributed by atoms with Gasteiger partial charge in [0.1, 0.15) is 6.07 Å². The lowest BCUT2D eigenvalue weighted by Crippen LogP contribution is -2.36. The molecule has 1 aliphatic rings. The Bertz CT molecular complexity index is 821. The van der Waals surface area contributed by atoms with Crippen molar-refractivity contribution < 1.29 is 9.90 Å². The number of pyridine rings is 1. The van der Waals surface area contributed by atoms with E-state index in [1.807, 2.05) is 19.1 Å². The third-order valence-electron chi connectivity index (χ3n) is 4.32. The quantitative estimate of drug-likeness (QED) is 0.914. The highest BCUT2D eigenvalue weighted by atomic mass is 35.5. The number of rotatable bonds is 2. The van der Waals surface area contributed by atoms with Crippen LogP contribution in [0.15, 0.2) is 18.3 Å². The Morgan fingerprint density at radius 2 is 2.13 bits per heavy atom. The Hall–Kier alpha value is -2.32. The molecule has 0 unspecified atom stereocenters. The van der Waals surface area contributed by atoms with Gasteiger partial charge in [-0.05, 0) is 37.5 Å². The van der Waals surface area contributed by atoms with Crippen molar-refractivity contribution in [2.45, 2.75) is 19.8 Å². The van der Waals surface area contributed by atoms with Crippen LogP contribution >= 0.6 is 11.6 Å². The lowest BCUT2D eigenvalue weighted by molar-refractivity contribution is -0.142. The molecule has 1 aliphatic heterocycles. The number of nitrogens with zero attached hydrogens (tertiary/aromatic N) is 3. The van der Waals surface area contributed by atoms with Gasteiger partial charge in [0.05, 0.1) is 27.7 Å². The summed E-state index contributed by atoms with van der Waals surface area (Å²) >= 11 is 6.29. The Morgan fingerprint density at radius 3 is 2.74 bits per heavy atom. The van der Waals surface area contributed by atoms with Crippen LogP contribution in [0.2, 0.25) is 5.02 Å². The second-order valence-corrected chi connectivity index (χ2v) is 6.28. The highest BCUT2D eigenvalue weighted by molar-refractivity contribution is 6.35. The first-order valence-electron chi connectivity index (χ1n) is 7.48. The summed E-state index contributed by atoms with van der Waals surface area (Å²) in [5, 5.41) is 20.0. The molecule has 1 aromatic carbocycles. The van der Waals surface area contributed by atoms with Gasteiger partial charge in [0, 0.05) is 24.7 Å². The zero-order valence-corrected chi connectivity index (χ0v) is 13.5. The fraction of sp³-hybridized carbons (Fsp3) is 0.353. The van der Waals surface area contributed by atoms with Crippen molar-refractivity contribution in [1.82, 2.24) is 4.98 Å². The molecule has 5 nitrogen and oxygen atoms in total. The minimum absolute atomic E-state index is 0.310. The number of aliphatic carboxylic acids is 1. The fourth-order valence-electron chi connectivity index (χ4n) is 3.15. The van der Waals surface area contributed by atoms with Gasteiger partial charge in [-0.3, -0.25) is 9.78 Å². The monoisotopic (exact) mass is 329 g/mol. The summed E-state index contributed by atoms with van der Waals surface area (Å²) in [5.74, 6) is -1.06. The summed E-state index contributed by atoms with van der Waals surface area (Å²) in [7, 11) is 0. The first-order chi connectivity index (χ1) is 11.0. The van der Waals surface area contributed by atoms with Gasteiger partial charge in [-0.1, -0.05) is 11.6 Å². The summed E-state index contributed by atoms with van der Waals surface area (Å²) in [6, 6.07) is 6.02. The van der Waals surface area contributed by atoms with Crippen LogP contribution in [0, 0.1) is 24.2 Å². The molecule has 2 heterocycles. The molecule has 3 rings (SSSR count). The molecule has 0 radical (unpaired) electrons. The van der Waals surface area contributed by atoms with E-state index in [2.05, 4.69) is 16.0 Å². The highest BCUT2D eigenvalue weighted by Crippen LogP contribution is 2.35. The van der Waals surface area contributed by atoms with Crippen molar-refractivity contribution in [2.24, 2.45) is 5.92 Å². The van der Waals surface area contributed by atoms with Crippen LogP contribution in [-0.2, 0) is 4.79 Å². The predicted molar refractivity (Wildman–Crippen MR) is 88.8 cm³/mol. The zero-order chi connectivity index (χ0) is 16.6. The van der Waals surface area contributed by atoms with E-state index in [0.717, 1.165) is 16.6 Å². The number of carbonyl (C=O) groups is 1. The van der Waals surface area contributed by atoms with Gasteiger partial charge in [-0.25, -0.2) is 0 Å². The summed E-state index contributed by atoms with van der Waals surface area (Å²) in [6.45, 7) is 3.16. The maximum Gasteiger partial charge on any atom is 0.306 e. The number of hydrogen-bond donors (Lipinski definition) is 1. The second-order valence-electron chi connectivity index (χ2n) is 5.87. The smallest absolute Gasteiger partial charge is 0.306 e. The van der Waals surface area contributed by atoms with E-state index < -0.39 is 5.97 Å². The Balaban J connectivity index is 2.09. The number of nitriles is 1. The number of carboxylic acids is 1. The Kier molecular flexibility index (Phi) is 4.10. The summed E-state index contributed by atoms with van der Waals surface area (Å²) in [5.41, 5.74) is 2.98. The molecule has 118 valence electrons. The van der Waals surface area contributed by atoms with Gasteiger partial charge in [0.2, 0.25) is 0 Å². The van der Waals surface area contributed by atoms with E-state index in [4.69, 9.17) is 16.7 Å². The van der Waals surface area contributed by atoms with E-state index in [0.29, 0.717) is 42.0 Å². The summed E-state index contributed by atoms with van der Waals surface area (Å²) in [4.78, 5) is 17.5. The van der Waals surface area contributed by atoms with Gasteiger partial charge in [-0.15, -0.1) is 0 Å². The number of benzene rings is 1. The van der Waals surface area contributed by atoms with Crippen LogP contribution in [0.3, 0.4) is 0 Å². The van der Waals surface area contributed by atoms with Crippen molar-refractivity contribution in [3.05, 3.63) is 34.5 Å². The van der Waals surface area contributed by atoms with Crippen molar-refractivity contribution in [2.75, 3.05) is 18.0 Å². The third-order valence-corrected chi connectivity index (χ3v) is 4.61. The van der Waals surface area contributed by atoms with E-state index in [1.54, 1.807) is 6.20 Å². The largest absolute Gasteiger partial charge is 0.481 e. The molecule has 0 bridgehead atoms. The van der Waals surface area contributed by atoms with E-state index in [9.17, 15) is 10.1 Å². The van der Waals surface area contributed by atoms with Crippen molar-refractivity contribution in [3.63, 3.8) is 0 Å². The predicted octanol–water partition coefficient (Wildman–Crippen LogP) is 3.37. The van der Waals surface area contributed by atoms with Crippen LogP contribution in [0.1, 0.15) is 24.0 Å². The van der Waals surface area contributed by atoms with Crippen LogP contribution in [0.4, 0.5) is 5.69 Å². The third kappa shape index (κ3) is 2.82. The number of anilines is 1. The van der Waals surface area contributed by atoms with E-state index in [1.165, 1.54) is 0 Å². The number of hydrogen-bond acceptors (Lipinski definition) is 4.